The molecule has 0 saturated carbocycles. The van der Waals surface area contributed by atoms with Crippen LogP contribution in [0.1, 0.15) is 41.8 Å². The first-order valence-corrected chi connectivity index (χ1v) is 12.0. The lowest BCUT2D eigenvalue weighted by molar-refractivity contribution is -0.126. The summed E-state index contributed by atoms with van der Waals surface area (Å²) in [5.74, 6) is 0.979. The Balaban J connectivity index is 1.58. The van der Waals surface area contributed by atoms with Gasteiger partial charge in [0.05, 0.1) is 18.0 Å². The number of carbonyl (C=O) groups excluding carboxylic acids is 1. The molecule has 32 heavy (non-hydrogen) atoms. The number of carbonyl (C=O) groups is 1. The van der Waals surface area contributed by atoms with E-state index >= 15 is 0 Å². The third-order valence-electron chi connectivity index (χ3n) is 5.77. The second-order valence-electron chi connectivity index (χ2n) is 8.48. The van der Waals surface area contributed by atoms with Crippen molar-refractivity contribution in [2.45, 2.75) is 38.8 Å². The highest BCUT2D eigenvalue weighted by atomic mass is 32.1. The van der Waals surface area contributed by atoms with Crippen molar-refractivity contribution in [3.8, 4) is 0 Å². The van der Waals surface area contributed by atoms with E-state index in [1.165, 1.54) is 16.0 Å². The van der Waals surface area contributed by atoms with Gasteiger partial charge in [0.15, 0.2) is 0 Å². The molecule has 2 aromatic heterocycles. The van der Waals surface area contributed by atoms with Crippen LogP contribution in [-0.4, -0.2) is 52.9 Å². The molecule has 1 aliphatic rings. The summed E-state index contributed by atoms with van der Waals surface area (Å²) in [6.45, 7) is 4.32. The molecule has 0 saturated heterocycles. The van der Waals surface area contributed by atoms with Gasteiger partial charge < -0.3 is 15.1 Å². The van der Waals surface area contributed by atoms with Crippen molar-refractivity contribution in [2.75, 3.05) is 32.5 Å². The molecular weight excluding hydrogens is 418 g/mol. The van der Waals surface area contributed by atoms with Crippen LogP contribution in [0.15, 0.2) is 48.8 Å². The zero-order valence-corrected chi connectivity index (χ0v) is 19.9. The zero-order valence-electron chi connectivity index (χ0n) is 19.0. The zero-order chi connectivity index (χ0) is 22.5. The summed E-state index contributed by atoms with van der Waals surface area (Å²) in [5.41, 5.74) is 2.56. The van der Waals surface area contributed by atoms with Gasteiger partial charge in [-0.25, -0.2) is 9.97 Å². The maximum Gasteiger partial charge on any atom is 0.246 e. The minimum atomic E-state index is 0.0754. The number of anilines is 1. The first kappa shape index (κ1) is 22.4. The molecule has 0 aliphatic carbocycles. The Hall–Kier alpha value is -2.77. The molecule has 1 aliphatic heterocycles. The Bertz CT molecular complexity index is 1090. The standard InChI is InChI=1S/C25H31N5OS/c1-4-9-20(18-10-6-5-7-11-18)28-24-23-19-13-15-30(22(31)12-8-14-29(2)3)16-21(19)32-25(23)27-17-26-24/h5-8,10-12,17,20H,4,9,13-16H2,1-3H3,(H,26,27,28)/t20-/m1/s1. The number of thiophene rings is 1. The van der Waals surface area contributed by atoms with Crippen LogP contribution in [0.4, 0.5) is 5.82 Å². The summed E-state index contributed by atoms with van der Waals surface area (Å²) in [6.07, 6.45) is 8.21. The molecule has 6 nitrogen and oxygen atoms in total. The van der Waals surface area contributed by atoms with E-state index in [0.717, 1.165) is 48.4 Å². The third-order valence-corrected chi connectivity index (χ3v) is 6.89. The summed E-state index contributed by atoms with van der Waals surface area (Å²) < 4.78 is 0. The molecule has 0 radical (unpaired) electrons. The van der Waals surface area contributed by atoms with E-state index in [4.69, 9.17) is 0 Å². The molecule has 0 bridgehead atoms. The Morgan fingerprint density at radius 3 is 2.84 bits per heavy atom. The summed E-state index contributed by atoms with van der Waals surface area (Å²) in [6, 6.07) is 10.8. The van der Waals surface area contributed by atoms with Crippen molar-refractivity contribution in [1.29, 1.82) is 0 Å². The number of hydrogen-bond donors (Lipinski definition) is 1. The second-order valence-corrected chi connectivity index (χ2v) is 9.56. The Morgan fingerprint density at radius 2 is 2.09 bits per heavy atom. The van der Waals surface area contributed by atoms with Gasteiger partial charge in [-0.2, -0.15) is 0 Å². The van der Waals surface area contributed by atoms with E-state index in [9.17, 15) is 4.79 Å². The molecule has 3 heterocycles. The maximum atomic E-state index is 12.6. The second kappa shape index (κ2) is 10.2. The minimum Gasteiger partial charge on any atom is -0.363 e. The molecule has 7 heteroatoms. The van der Waals surface area contributed by atoms with Crippen LogP contribution in [0.3, 0.4) is 0 Å². The Morgan fingerprint density at radius 1 is 1.28 bits per heavy atom. The van der Waals surface area contributed by atoms with Crippen LogP contribution < -0.4 is 5.32 Å². The van der Waals surface area contributed by atoms with Crippen molar-refractivity contribution in [1.82, 2.24) is 19.8 Å². The van der Waals surface area contributed by atoms with Crippen LogP contribution in [0, 0.1) is 0 Å². The van der Waals surface area contributed by atoms with E-state index in [-0.39, 0.29) is 11.9 Å². The molecule has 0 fully saturated rings. The molecule has 3 aromatic rings. The molecule has 0 spiro atoms. The molecule has 0 unspecified atom stereocenters. The van der Waals surface area contributed by atoms with Crippen LogP contribution >= 0.6 is 11.3 Å². The molecule has 1 amide bonds. The van der Waals surface area contributed by atoms with E-state index < -0.39 is 0 Å². The lowest BCUT2D eigenvalue weighted by atomic mass is 10.0. The smallest absolute Gasteiger partial charge is 0.246 e. The van der Waals surface area contributed by atoms with Crippen LogP contribution in [-0.2, 0) is 17.8 Å². The van der Waals surface area contributed by atoms with E-state index in [1.807, 2.05) is 36.0 Å². The van der Waals surface area contributed by atoms with Crippen molar-refractivity contribution in [3.63, 3.8) is 0 Å². The van der Waals surface area contributed by atoms with Crippen molar-refractivity contribution >= 4 is 33.3 Å². The van der Waals surface area contributed by atoms with Gasteiger partial charge in [0.1, 0.15) is 17.0 Å². The average Bonchev–Trinajstić information content (AvgIpc) is 3.17. The van der Waals surface area contributed by atoms with Gasteiger partial charge in [-0.15, -0.1) is 11.3 Å². The van der Waals surface area contributed by atoms with Crippen LogP contribution in [0.2, 0.25) is 0 Å². The van der Waals surface area contributed by atoms with E-state index in [2.05, 4.69) is 46.5 Å². The fraction of sp³-hybridized carbons (Fsp3) is 0.400. The normalized spacial score (nSPS) is 14.8. The summed E-state index contributed by atoms with van der Waals surface area (Å²) >= 11 is 1.68. The molecule has 1 atom stereocenters. The van der Waals surface area contributed by atoms with Gasteiger partial charge in [0, 0.05) is 24.0 Å². The van der Waals surface area contributed by atoms with E-state index in [0.29, 0.717) is 6.54 Å². The molecular formula is C25H31N5OS. The van der Waals surface area contributed by atoms with Crippen molar-refractivity contribution in [2.24, 2.45) is 0 Å². The third kappa shape index (κ3) is 5.00. The number of nitrogens with one attached hydrogen (secondary N) is 1. The topological polar surface area (TPSA) is 61.4 Å². The molecule has 1 aromatic carbocycles. The Kier molecular flexibility index (Phi) is 7.17. The van der Waals surface area contributed by atoms with Gasteiger partial charge in [0.25, 0.3) is 0 Å². The van der Waals surface area contributed by atoms with E-state index in [1.54, 1.807) is 23.7 Å². The number of benzene rings is 1. The predicted molar refractivity (Wildman–Crippen MR) is 132 cm³/mol. The quantitative estimate of drug-likeness (QED) is 0.508. The molecule has 4 rings (SSSR count). The lowest BCUT2D eigenvalue weighted by Gasteiger charge is -2.26. The number of amides is 1. The maximum absolute atomic E-state index is 12.6. The number of hydrogen-bond acceptors (Lipinski definition) is 6. The number of fused-ring (bicyclic) bond motifs is 3. The SMILES string of the molecule is CCC[C@@H](Nc1ncnc2sc3c(c12)CCN(C(=O)C=CCN(C)C)C3)c1ccccc1. The van der Waals surface area contributed by atoms with Crippen LogP contribution in [0.5, 0.6) is 0 Å². The summed E-state index contributed by atoms with van der Waals surface area (Å²) in [4.78, 5) is 28.0. The van der Waals surface area contributed by atoms with Gasteiger partial charge in [0.2, 0.25) is 5.91 Å². The highest BCUT2D eigenvalue weighted by Crippen LogP contribution is 2.38. The minimum absolute atomic E-state index is 0.0754. The number of likely N-dealkylation sites (N-methyl/N-ethyl adjacent to an activating group) is 1. The lowest BCUT2D eigenvalue weighted by Crippen LogP contribution is -2.34. The fourth-order valence-corrected chi connectivity index (χ4v) is 5.36. The summed E-state index contributed by atoms with van der Waals surface area (Å²) in [5, 5.41) is 4.83. The average molecular weight is 450 g/mol. The summed E-state index contributed by atoms with van der Waals surface area (Å²) in [7, 11) is 3.99. The first-order chi connectivity index (χ1) is 15.6. The molecule has 168 valence electrons. The monoisotopic (exact) mass is 449 g/mol. The van der Waals surface area contributed by atoms with Gasteiger partial charge >= 0.3 is 0 Å². The van der Waals surface area contributed by atoms with Crippen molar-refractivity contribution < 1.29 is 4.79 Å². The number of aromatic nitrogens is 2. The predicted octanol–water partition coefficient (Wildman–Crippen LogP) is 4.65. The van der Waals surface area contributed by atoms with Gasteiger partial charge in [-0.3, -0.25) is 4.79 Å². The van der Waals surface area contributed by atoms with Gasteiger partial charge in [-0.05, 0) is 38.1 Å². The van der Waals surface area contributed by atoms with Crippen molar-refractivity contribution in [3.05, 3.63) is 64.8 Å². The first-order valence-electron chi connectivity index (χ1n) is 11.2. The number of rotatable bonds is 8. The van der Waals surface area contributed by atoms with Crippen LogP contribution in [0.25, 0.3) is 10.2 Å². The Labute approximate surface area is 194 Å². The largest absolute Gasteiger partial charge is 0.363 e. The number of nitrogens with zero attached hydrogens (tertiary/aromatic N) is 4. The van der Waals surface area contributed by atoms with Gasteiger partial charge in [-0.1, -0.05) is 49.8 Å². The highest BCUT2D eigenvalue weighted by molar-refractivity contribution is 7.19. The highest BCUT2D eigenvalue weighted by Gasteiger charge is 2.26. The fourth-order valence-electron chi connectivity index (χ4n) is 4.16. The molecule has 1 N–H and O–H groups in total.